The molecule has 6 heteroatoms. The first-order valence-corrected chi connectivity index (χ1v) is 7.19. The highest BCUT2D eigenvalue weighted by molar-refractivity contribution is 8.13. The monoisotopic (exact) mass is 274 g/mol. The molecule has 2 aliphatic heterocycles. The van der Waals surface area contributed by atoms with Gasteiger partial charge in [-0.15, -0.1) is 5.10 Å². The average molecular weight is 274 g/mol. The molecule has 2 heterocycles. The number of nitrogens with one attached hydrogen (secondary N) is 1. The molecule has 1 N–H and O–H groups in total. The molecule has 1 aromatic rings. The maximum Gasteiger partial charge on any atom is 0.276 e. The molecular weight excluding hydrogens is 260 g/mol. The SMILES string of the molecule is CSC1=NN2C(=c3ccccc3=NC2(C)C)C(=O)N1. The lowest BCUT2D eigenvalue weighted by atomic mass is 10.1. The topological polar surface area (TPSA) is 57.1 Å². The number of benzene rings is 1. The number of thioether (sulfide) groups is 1. The highest BCUT2D eigenvalue weighted by Crippen LogP contribution is 2.26. The van der Waals surface area contributed by atoms with Crippen molar-refractivity contribution in [3.63, 3.8) is 0 Å². The lowest BCUT2D eigenvalue weighted by Gasteiger charge is -2.38. The molecule has 0 spiro atoms. The first-order chi connectivity index (χ1) is 9.03. The predicted molar refractivity (Wildman–Crippen MR) is 75.6 cm³/mol. The second kappa shape index (κ2) is 4.09. The Morgan fingerprint density at radius 1 is 1.32 bits per heavy atom. The van der Waals surface area contributed by atoms with E-state index in [1.54, 1.807) is 5.01 Å². The molecule has 0 bridgehead atoms. The van der Waals surface area contributed by atoms with Crippen LogP contribution in [0.3, 0.4) is 0 Å². The van der Waals surface area contributed by atoms with Gasteiger partial charge in [0.05, 0.1) is 5.36 Å². The largest absolute Gasteiger partial charge is 0.298 e. The number of hydrogen-bond donors (Lipinski definition) is 1. The van der Waals surface area contributed by atoms with E-state index in [9.17, 15) is 4.79 Å². The van der Waals surface area contributed by atoms with Crippen LogP contribution in [0, 0.1) is 0 Å². The first-order valence-electron chi connectivity index (χ1n) is 5.96. The predicted octanol–water partition coefficient (Wildman–Crippen LogP) is 0.230. The van der Waals surface area contributed by atoms with Crippen molar-refractivity contribution in [2.45, 2.75) is 19.5 Å². The Morgan fingerprint density at radius 2 is 2.05 bits per heavy atom. The lowest BCUT2D eigenvalue weighted by molar-refractivity contribution is -0.116. The summed E-state index contributed by atoms with van der Waals surface area (Å²) in [6, 6.07) is 7.64. The second-order valence-corrected chi connectivity index (χ2v) is 5.64. The first kappa shape index (κ1) is 12.2. The fraction of sp³-hybridized carbons (Fsp3) is 0.308. The van der Waals surface area contributed by atoms with Crippen molar-refractivity contribution in [1.82, 2.24) is 10.3 Å². The highest BCUT2D eigenvalue weighted by Gasteiger charge is 2.37. The molecule has 0 atom stereocenters. The molecule has 1 aromatic carbocycles. The smallest absolute Gasteiger partial charge is 0.276 e. The van der Waals surface area contributed by atoms with Crippen LogP contribution in [0.1, 0.15) is 13.8 Å². The van der Waals surface area contributed by atoms with Crippen molar-refractivity contribution in [2.24, 2.45) is 10.1 Å². The molecule has 2 aliphatic rings. The number of rotatable bonds is 0. The van der Waals surface area contributed by atoms with E-state index in [0.717, 1.165) is 10.6 Å². The van der Waals surface area contributed by atoms with Crippen LogP contribution in [0.4, 0.5) is 0 Å². The van der Waals surface area contributed by atoms with Gasteiger partial charge in [0.25, 0.3) is 5.91 Å². The molecule has 19 heavy (non-hydrogen) atoms. The highest BCUT2D eigenvalue weighted by atomic mass is 32.2. The number of amides is 1. The van der Waals surface area contributed by atoms with Crippen molar-refractivity contribution in [2.75, 3.05) is 6.26 Å². The standard InChI is InChI=1S/C13H14N4OS/c1-13(2)15-9-7-5-4-6-8(9)10-11(18)14-12(19-3)16-17(10)13/h4-7H,1-3H3,(H,14,16,18). The minimum Gasteiger partial charge on any atom is -0.298 e. The van der Waals surface area contributed by atoms with Crippen LogP contribution in [-0.2, 0) is 4.79 Å². The molecule has 3 rings (SSSR count). The van der Waals surface area contributed by atoms with Gasteiger partial charge in [-0.25, -0.2) is 5.01 Å². The maximum absolute atomic E-state index is 12.3. The van der Waals surface area contributed by atoms with E-state index < -0.39 is 5.66 Å². The van der Waals surface area contributed by atoms with Crippen molar-refractivity contribution >= 4 is 28.5 Å². The van der Waals surface area contributed by atoms with Gasteiger partial charge >= 0.3 is 0 Å². The fourth-order valence-electron chi connectivity index (χ4n) is 2.26. The second-order valence-electron chi connectivity index (χ2n) is 4.85. The fourth-order valence-corrected chi connectivity index (χ4v) is 2.61. The minimum absolute atomic E-state index is 0.130. The average Bonchev–Trinajstić information content (AvgIpc) is 2.38. The Morgan fingerprint density at radius 3 is 2.79 bits per heavy atom. The normalized spacial score (nSPS) is 19.9. The molecule has 5 nitrogen and oxygen atoms in total. The quantitative estimate of drug-likeness (QED) is 0.737. The van der Waals surface area contributed by atoms with Gasteiger partial charge < -0.3 is 0 Å². The molecule has 0 saturated carbocycles. The van der Waals surface area contributed by atoms with Gasteiger partial charge in [0.2, 0.25) is 0 Å². The van der Waals surface area contributed by atoms with Gasteiger partial charge in [0.15, 0.2) is 5.17 Å². The number of fused-ring (bicyclic) bond motifs is 2. The van der Waals surface area contributed by atoms with Gasteiger partial charge in [-0.2, -0.15) is 0 Å². The molecule has 1 amide bonds. The molecule has 0 radical (unpaired) electrons. The number of hydrogen-bond acceptors (Lipinski definition) is 5. The molecule has 98 valence electrons. The van der Waals surface area contributed by atoms with Crippen LogP contribution < -0.4 is 15.9 Å². The summed E-state index contributed by atoms with van der Waals surface area (Å²) in [5.74, 6) is -0.130. The Labute approximate surface area is 115 Å². The Balaban J connectivity index is 2.37. The van der Waals surface area contributed by atoms with Crippen LogP contribution in [0.15, 0.2) is 34.4 Å². The molecule has 0 unspecified atom stereocenters. The van der Waals surface area contributed by atoms with Crippen molar-refractivity contribution < 1.29 is 4.79 Å². The lowest BCUT2D eigenvalue weighted by Crippen LogP contribution is -2.56. The van der Waals surface area contributed by atoms with E-state index in [1.807, 2.05) is 44.4 Å². The third-order valence-corrected chi connectivity index (χ3v) is 3.67. The summed E-state index contributed by atoms with van der Waals surface area (Å²) in [5.41, 5.74) is -0.00370. The molecular formula is C13H14N4OS. The summed E-state index contributed by atoms with van der Waals surface area (Å²) in [6.45, 7) is 3.89. The van der Waals surface area contributed by atoms with E-state index in [4.69, 9.17) is 0 Å². The van der Waals surface area contributed by atoms with E-state index in [-0.39, 0.29) is 5.91 Å². The third-order valence-electron chi connectivity index (χ3n) is 3.10. The Kier molecular flexibility index (Phi) is 2.63. The number of hydrazone groups is 1. The number of amidine groups is 1. The zero-order valence-corrected chi connectivity index (χ0v) is 11.8. The van der Waals surface area contributed by atoms with Crippen molar-refractivity contribution in [1.29, 1.82) is 0 Å². The molecule has 0 saturated heterocycles. The summed E-state index contributed by atoms with van der Waals surface area (Å²) >= 11 is 1.41. The minimum atomic E-state index is -0.567. The summed E-state index contributed by atoms with van der Waals surface area (Å²) < 4.78 is 0. The van der Waals surface area contributed by atoms with E-state index in [0.29, 0.717) is 10.9 Å². The maximum atomic E-state index is 12.3. The zero-order valence-electron chi connectivity index (χ0n) is 11.0. The van der Waals surface area contributed by atoms with Gasteiger partial charge in [-0.1, -0.05) is 30.0 Å². The Bertz CT molecular complexity index is 708. The molecule has 0 fully saturated rings. The van der Waals surface area contributed by atoms with E-state index in [2.05, 4.69) is 15.4 Å². The van der Waals surface area contributed by atoms with Gasteiger partial charge in [-0.05, 0) is 26.2 Å². The van der Waals surface area contributed by atoms with E-state index in [1.165, 1.54) is 11.8 Å². The number of carbonyl (C=O) groups excluding carboxylic acids is 1. The summed E-state index contributed by atoms with van der Waals surface area (Å²) in [7, 11) is 0. The number of nitrogens with zero attached hydrogens (tertiary/aromatic N) is 3. The van der Waals surface area contributed by atoms with Crippen LogP contribution in [0.5, 0.6) is 0 Å². The molecule has 0 aliphatic carbocycles. The number of carbonyl (C=O) groups is 1. The summed E-state index contributed by atoms with van der Waals surface area (Å²) in [4.78, 5) is 17.0. The van der Waals surface area contributed by atoms with Crippen molar-refractivity contribution in [3.05, 3.63) is 34.8 Å². The van der Waals surface area contributed by atoms with Crippen LogP contribution in [0.25, 0.3) is 5.70 Å². The van der Waals surface area contributed by atoms with E-state index >= 15 is 0 Å². The zero-order chi connectivity index (χ0) is 13.6. The number of para-hydroxylation sites is 1. The van der Waals surface area contributed by atoms with Crippen LogP contribution >= 0.6 is 11.8 Å². The Hall–Kier alpha value is -1.82. The van der Waals surface area contributed by atoms with Gasteiger partial charge in [0, 0.05) is 5.22 Å². The van der Waals surface area contributed by atoms with Gasteiger partial charge in [0.1, 0.15) is 11.4 Å². The summed E-state index contributed by atoms with van der Waals surface area (Å²) in [5, 5.41) is 11.2. The van der Waals surface area contributed by atoms with Gasteiger partial charge in [-0.3, -0.25) is 15.1 Å². The molecule has 0 aromatic heterocycles. The summed E-state index contributed by atoms with van der Waals surface area (Å²) in [6.07, 6.45) is 1.88. The van der Waals surface area contributed by atoms with Crippen LogP contribution in [0.2, 0.25) is 0 Å². The van der Waals surface area contributed by atoms with Crippen LogP contribution in [-0.4, -0.2) is 28.0 Å². The third kappa shape index (κ3) is 1.83. The van der Waals surface area contributed by atoms with Crippen molar-refractivity contribution in [3.8, 4) is 0 Å².